The SMILES string of the molecule is CC(=O)Nc1ccnc(NC(=O)N2c3nc(C(=O)CCC(F)(F)F)ccc3N3CC[C@H]2C3)c1.CNC(=O)c1ccc(NC(=O)N2c3nc(C(=O)NCC(F)(F)F)ccc3N3CC[C@H]2C3)nc1.C[C@@H](CC(=O)c1ccc2c(n1)N(C(=O)Nc1ncc3[nH]cnc3n1)[C@H]1CCN2C1)C(F)(F)F. The molecule has 7 N–H and O–H groups in total. The van der Waals surface area contributed by atoms with Crippen LogP contribution in [0.15, 0.2) is 85.6 Å². The first-order valence-electron chi connectivity index (χ1n) is 30.7. The lowest BCUT2D eigenvalue weighted by molar-refractivity contribution is -0.168. The van der Waals surface area contributed by atoms with Crippen LogP contribution in [0.3, 0.4) is 0 Å². The molecule has 520 valence electrons. The molecule has 6 aliphatic rings. The van der Waals surface area contributed by atoms with Crippen molar-refractivity contribution in [2.24, 2.45) is 5.92 Å². The number of fused-ring (bicyclic) bond motifs is 13. The Morgan fingerprint density at radius 2 is 1.11 bits per heavy atom. The molecule has 0 radical (unpaired) electrons. The number of pyridine rings is 5. The average molecular weight is 1390 g/mol. The van der Waals surface area contributed by atoms with Crippen LogP contribution in [-0.4, -0.2) is 182 Å². The molecule has 0 unspecified atom stereocenters. The number of halogens is 9. The Labute approximate surface area is 554 Å². The van der Waals surface area contributed by atoms with Crippen molar-refractivity contribution in [3.63, 3.8) is 0 Å². The van der Waals surface area contributed by atoms with Crippen LogP contribution in [0, 0.1) is 5.92 Å². The molecule has 13 heterocycles. The topological polar surface area (TPSA) is 347 Å². The molecule has 9 amide bonds. The van der Waals surface area contributed by atoms with Crippen molar-refractivity contribution < 1.29 is 77.9 Å². The maximum Gasteiger partial charge on any atom is 0.405 e. The number of amides is 9. The molecule has 7 aromatic heterocycles. The first-order chi connectivity index (χ1) is 47.0. The van der Waals surface area contributed by atoms with Crippen molar-refractivity contribution in [2.75, 3.05) is 104 Å². The van der Waals surface area contributed by atoms with Crippen LogP contribution in [0.1, 0.15) is 94.2 Å². The zero-order valence-corrected chi connectivity index (χ0v) is 52.5. The first kappa shape index (κ1) is 69.0. The summed E-state index contributed by atoms with van der Waals surface area (Å²) in [7, 11) is 1.49. The van der Waals surface area contributed by atoms with E-state index in [9.17, 15) is 77.9 Å². The number of Topliss-reactive ketones (excluding diaryl/α,β-unsaturated/α-hetero) is 2. The first-order valence-corrected chi connectivity index (χ1v) is 30.7. The second-order valence-electron chi connectivity index (χ2n) is 23.5. The highest BCUT2D eigenvalue weighted by Gasteiger charge is 2.45. The van der Waals surface area contributed by atoms with Gasteiger partial charge in [0.2, 0.25) is 11.9 Å². The Hall–Kier alpha value is -11.4. The number of nitrogens with one attached hydrogen (secondary N) is 7. The summed E-state index contributed by atoms with van der Waals surface area (Å²) in [5.74, 6) is -3.78. The van der Waals surface area contributed by atoms with Gasteiger partial charge in [0.05, 0.1) is 65.6 Å². The number of alkyl halides is 9. The van der Waals surface area contributed by atoms with Crippen LogP contribution < -0.4 is 61.3 Å². The number of carbonyl (C=O) groups is 8. The zero-order chi connectivity index (χ0) is 70.8. The van der Waals surface area contributed by atoms with Gasteiger partial charge in [0, 0.05) is 90.2 Å². The third-order valence-electron chi connectivity index (χ3n) is 16.6. The Balaban J connectivity index is 0.000000150. The summed E-state index contributed by atoms with van der Waals surface area (Å²) in [5.41, 5.74) is 3.19. The van der Waals surface area contributed by atoms with Crippen molar-refractivity contribution >= 4 is 116 Å². The molecule has 0 aromatic carbocycles. The van der Waals surface area contributed by atoms with Gasteiger partial charge in [0.25, 0.3) is 11.8 Å². The molecule has 3 saturated heterocycles. The number of hydrogen-bond donors (Lipinski definition) is 7. The van der Waals surface area contributed by atoms with Crippen LogP contribution in [0.4, 0.5) is 112 Å². The molecule has 0 spiro atoms. The highest BCUT2D eigenvalue weighted by molar-refractivity contribution is 6.08. The van der Waals surface area contributed by atoms with Crippen molar-refractivity contribution in [3.05, 3.63) is 108 Å². The summed E-state index contributed by atoms with van der Waals surface area (Å²) in [6.45, 7) is 4.58. The largest absolute Gasteiger partial charge is 0.405 e. The number of carbonyl (C=O) groups excluding carboxylic acids is 8. The highest BCUT2D eigenvalue weighted by Crippen LogP contribution is 2.43. The van der Waals surface area contributed by atoms with Gasteiger partial charge in [0.15, 0.2) is 34.7 Å². The molecule has 6 bridgehead atoms. The number of hydrogen-bond acceptors (Lipinski definition) is 19. The van der Waals surface area contributed by atoms with Crippen LogP contribution in [0.5, 0.6) is 0 Å². The quantitative estimate of drug-likeness (QED) is 0.0420. The second kappa shape index (κ2) is 28.0. The van der Waals surface area contributed by atoms with Gasteiger partial charge in [-0.25, -0.2) is 49.3 Å². The number of aromatic amines is 1. The van der Waals surface area contributed by atoms with E-state index >= 15 is 0 Å². The van der Waals surface area contributed by atoms with Gasteiger partial charge in [-0.15, -0.1) is 0 Å². The van der Waals surface area contributed by atoms with Crippen LogP contribution in [0.2, 0.25) is 0 Å². The average Bonchev–Trinajstić information content (AvgIpc) is 1.69. The lowest BCUT2D eigenvalue weighted by Gasteiger charge is -2.35. The smallest absolute Gasteiger partial charge is 0.366 e. The molecule has 29 nitrogen and oxygen atoms in total. The van der Waals surface area contributed by atoms with Crippen molar-refractivity contribution in [2.45, 2.75) is 89.0 Å². The number of ketones is 2. The molecule has 38 heteroatoms. The second-order valence-corrected chi connectivity index (χ2v) is 23.5. The van der Waals surface area contributed by atoms with Crippen LogP contribution in [-0.2, 0) is 4.79 Å². The van der Waals surface area contributed by atoms with E-state index in [0.29, 0.717) is 98.0 Å². The number of rotatable bonds is 13. The summed E-state index contributed by atoms with van der Waals surface area (Å²) in [6, 6.07) is 12.7. The fraction of sp³-hybridized carbons (Fsp3) is 0.377. The normalized spacial score (nSPS) is 17.4. The maximum atomic E-state index is 13.2. The molecular formula is C61H60F9N21O8. The predicted octanol–water partition coefficient (Wildman–Crippen LogP) is 8.50. The molecule has 0 saturated carbocycles. The standard InChI is InChI=1S/C21H21F3N6O3.C20H19F3N8O2.C20H20F3N7O3/c1-12(31)26-13-5-8-25-18(10-13)28-20(33)30-14-6-9-29(11-14)16-3-2-15(27-19(16)30)17(32)4-7-21(22,23)24;1-10(20(21,22)23)6-15(32)12-2-3-14-17(27-12)31(11-4-5-30(14)8-11)19(33)29-18-24-7-13-16(28-18)26-9-25-13;1-24-17(31)11-2-5-15(25-8-11)28-19(33)30-12-6-7-29(9-12)14-4-3-13(27-16(14)30)18(32)26-10-20(21,22)23/h2-3,5,8,10,14H,4,6-7,9,11H2,1H3,(H2,25,26,28,31,33);2-3,7,9-11H,4-6,8H2,1H3,(H2,24,25,26,28,29,33);2-5,8,12H,6-7,9-10H2,1H3,(H,24,31)(H,26,32)(H,25,28,33)/t14-;10-,11-;12-/m000/s1. The van der Waals surface area contributed by atoms with Gasteiger partial charge in [-0.1, -0.05) is 6.92 Å². The minimum atomic E-state index is -4.55. The zero-order valence-electron chi connectivity index (χ0n) is 52.5. The molecule has 3 fully saturated rings. The van der Waals surface area contributed by atoms with Gasteiger partial charge in [-0.3, -0.25) is 54.6 Å². The van der Waals surface area contributed by atoms with E-state index in [-0.39, 0.29) is 82.1 Å². The Morgan fingerprint density at radius 3 is 1.63 bits per heavy atom. The van der Waals surface area contributed by atoms with E-state index in [1.54, 1.807) is 29.6 Å². The number of aromatic nitrogens is 9. The van der Waals surface area contributed by atoms with Gasteiger partial charge in [0.1, 0.15) is 40.8 Å². The third kappa shape index (κ3) is 15.9. The predicted molar refractivity (Wildman–Crippen MR) is 339 cm³/mol. The minimum Gasteiger partial charge on any atom is -0.366 e. The fourth-order valence-corrected chi connectivity index (χ4v) is 11.8. The van der Waals surface area contributed by atoms with Crippen molar-refractivity contribution in [3.8, 4) is 0 Å². The number of H-pyrrole nitrogens is 1. The van der Waals surface area contributed by atoms with Gasteiger partial charge in [-0.05, 0) is 73.9 Å². The molecule has 6 aliphatic heterocycles. The lowest BCUT2D eigenvalue weighted by Crippen LogP contribution is -2.48. The lowest BCUT2D eigenvalue weighted by atomic mass is 10.0. The van der Waals surface area contributed by atoms with E-state index in [2.05, 4.69) is 71.4 Å². The molecular weight excluding hydrogens is 1330 g/mol. The van der Waals surface area contributed by atoms with Gasteiger partial charge < -0.3 is 35.6 Å². The maximum absolute atomic E-state index is 13.2. The van der Waals surface area contributed by atoms with E-state index < -0.39 is 85.8 Å². The van der Waals surface area contributed by atoms with Crippen LogP contribution in [0.25, 0.3) is 11.2 Å². The highest BCUT2D eigenvalue weighted by atomic mass is 19.4. The number of imidazole rings is 1. The Bertz CT molecular complexity index is 4290. The van der Waals surface area contributed by atoms with E-state index in [4.69, 9.17) is 0 Å². The Kier molecular flexibility index (Phi) is 19.5. The van der Waals surface area contributed by atoms with E-state index in [1.165, 1.54) is 90.0 Å². The Morgan fingerprint density at radius 1 is 0.576 bits per heavy atom. The van der Waals surface area contributed by atoms with Gasteiger partial charge >= 0.3 is 36.6 Å². The summed E-state index contributed by atoms with van der Waals surface area (Å²) in [6.07, 6.45) is -8.45. The van der Waals surface area contributed by atoms with Gasteiger partial charge in [-0.2, -0.15) is 44.5 Å². The van der Waals surface area contributed by atoms with E-state index in [0.717, 1.165) is 6.92 Å². The monoisotopic (exact) mass is 1390 g/mol. The van der Waals surface area contributed by atoms with Crippen molar-refractivity contribution in [1.82, 2.24) is 55.5 Å². The summed E-state index contributed by atoms with van der Waals surface area (Å²) >= 11 is 0. The summed E-state index contributed by atoms with van der Waals surface area (Å²) in [4.78, 5) is 146. The number of nitrogens with zero attached hydrogens (tertiary/aromatic N) is 14. The van der Waals surface area contributed by atoms with Crippen molar-refractivity contribution in [1.29, 1.82) is 0 Å². The molecule has 99 heavy (non-hydrogen) atoms. The third-order valence-corrected chi connectivity index (χ3v) is 16.6. The number of urea groups is 3. The van der Waals surface area contributed by atoms with Crippen LogP contribution >= 0.6 is 0 Å². The fourth-order valence-electron chi connectivity index (χ4n) is 11.8. The minimum absolute atomic E-state index is 0.0489. The molecule has 4 atom stereocenters. The molecule has 7 aromatic rings. The number of anilines is 10. The molecule has 0 aliphatic carbocycles. The van der Waals surface area contributed by atoms with E-state index in [1.807, 2.05) is 14.7 Å². The summed E-state index contributed by atoms with van der Waals surface area (Å²) in [5, 5.41) is 14.8. The summed E-state index contributed by atoms with van der Waals surface area (Å²) < 4.78 is 114. The molecule has 13 rings (SSSR count).